The van der Waals surface area contributed by atoms with Gasteiger partial charge in [0.1, 0.15) is 0 Å². The smallest absolute Gasteiger partial charge is 0.172 e. The fourth-order valence-corrected chi connectivity index (χ4v) is 14.0. The molecule has 2 nitrogen and oxygen atoms in total. The molecule has 2 heterocycles. The molecule has 0 spiro atoms. The van der Waals surface area contributed by atoms with E-state index in [4.69, 9.17) is 0 Å². The van der Waals surface area contributed by atoms with Crippen molar-refractivity contribution >= 4 is 73.2 Å². The normalized spacial score (nSPS) is 19.3. The average Bonchev–Trinajstić information content (AvgIpc) is 4.00. The largest absolute Gasteiger partial charge is 0.309 e. The molecule has 0 saturated heterocycles. The van der Waals surface area contributed by atoms with Crippen LogP contribution in [0.25, 0.3) is 55.2 Å². The summed E-state index contributed by atoms with van der Waals surface area (Å²) in [4.78, 5) is 2.42. The lowest BCUT2D eigenvalue weighted by atomic mass is 9.86. The molecule has 282 valence electrons. The highest BCUT2D eigenvalue weighted by molar-refractivity contribution is 7.88. The molecule has 0 N–H and O–H groups in total. The van der Waals surface area contributed by atoms with Crippen molar-refractivity contribution in [3.8, 4) is 11.1 Å². The Morgan fingerprint density at radius 1 is 0.550 bits per heavy atom. The fraction of sp³-hybridized carbons (Fsp3) is 0.0526. The van der Waals surface area contributed by atoms with Crippen LogP contribution in [0.5, 0.6) is 0 Å². The van der Waals surface area contributed by atoms with Crippen LogP contribution in [0.2, 0.25) is 0 Å². The van der Waals surface area contributed by atoms with Gasteiger partial charge in [-0.25, -0.2) is 0 Å². The molecule has 8 aromatic rings. The maximum Gasteiger partial charge on any atom is 0.172 e. The molecule has 0 amide bonds. The van der Waals surface area contributed by atoms with Crippen LogP contribution in [0.15, 0.2) is 205 Å². The second-order valence-electron chi connectivity index (χ2n) is 16.6. The van der Waals surface area contributed by atoms with Crippen LogP contribution in [0.1, 0.15) is 39.8 Å². The molecular formula is C57H38NOP. The van der Waals surface area contributed by atoms with Crippen molar-refractivity contribution in [3.05, 3.63) is 239 Å². The van der Waals surface area contributed by atoms with Gasteiger partial charge in [-0.15, -0.1) is 0 Å². The van der Waals surface area contributed by atoms with E-state index in [9.17, 15) is 0 Å². The third-order valence-corrected chi connectivity index (χ3v) is 16.6. The highest BCUT2D eigenvalue weighted by Crippen LogP contribution is 2.68. The Balaban J connectivity index is 0.985. The van der Waals surface area contributed by atoms with Crippen molar-refractivity contribution in [1.82, 2.24) is 0 Å². The predicted octanol–water partition coefficient (Wildman–Crippen LogP) is 13.9. The Bertz CT molecular complexity index is 3410. The predicted molar refractivity (Wildman–Crippen MR) is 253 cm³/mol. The monoisotopic (exact) mass is 783 g/mol. The lowest BCUT2D eigenvalue weighted by Crippen LogP contribution is -2.20. The summed E-state index contributed by atoms with van der Waals surface area (Å²) in [6.45, 7) is 0. The first kappa shape index (κ1) is 33.9. The maximum absolute atomic E-state index is 16.6. The van der Waals surface area contributed by atoms with Gasteiger partial charge in [0, 0.05) is 44.2 Å². The Morgan fingerprint density at radius 2 is 1.25 bits per heavy atom. The molecule has 0 radical (unpaired) electrons. The van der Waals surface area contributed by atoms with E-state index in [-0.39, 0.29) is 0 Å². The van der Waals surface area contributed by atoms with Gasteiger partial charge in [-0.1, -0.05) is 164 Å². The van der Waals surface area contributed by atoms with E-state index in [2.05, 4.69) is 193 Å². The first-order valence-electron chi connectivity index (χ1n) is 21.0. The zero-order valence-corrected chi connectivity index (χ0v) is 33.7. The van der Waals surface area contributed by atoms with E-state index in [1.807, 2.05) is 12.1 Å². The van der Waals surface area contributed by atoms with Gasteiger partial charge in [0.05, 0.1) is 11.4 Å². The van der Waals surface area contributed by atoms with Gasteiger partial charge in [0.25, 0.3) is 0 Å². The van der Waals surface area contributed by atoms with E-state index in [1.54, 1.807) is 0 Å². The summed E-state index contributed by atoms with van der Waals surface area (Å²) in [7, 11) is -3.37. The van der Waals surface area contributed by atoms with Gasteiger partial charge < -0.3 is 9.46 Å². The summed E-state index contributed by atoms with van der Waals surface area (Å²) in [5, 5.41) is 8.08. The fourth-order valence-electron chi connectivity index (χ4n) is 10.7. The molecule has 3 heteroatoms. The van der Waals surface area contributed by atoms with Crippen LogP contribution >= 0.6 is 7.14 Å². The topological polar surface area (TPSA) is 20.3 Å². The molecule has 5 aliphatic rings. The number of rotatable bonds is 4. The van der Waals surface area contributed by atoms with Crippen molar-refractivity contribution in [2.24, 2.45) is 5.92 Å². The highest BCUT2D eigenvalue weighted by Gasteiger charge is 2.47. The minimum atomic E-state index is -3.37. The van der Waals surface area contributed by atoms with E-state index in [1.165, 1.54) is 49.4 Å². The van der Waals surface area contributed by atoms with Crippen LogP contribution in [0.3, 0.4) is 0 Å². The molecule has 2 aliphatic heterocycles. The van der Waals surface area contributed by atoms with Crippen molar-refractivity contribution in [3.63, 3.8) is 0 Å². The van der Waals surface area contributed by atoms with Gasteiger partial charge in [-0.2, -0.15) is 0 Å². The number of fused-ring (bicyclic) bond motifs is 13. The van der Waals surface area contributed by atoms with Crippen LogP contribution in [-0.2, 0) is 11.0 Å². The highest BCUT2D eigenvalue weighted by atomic mass is 31.2. The molecule has 0 fully saturated rings. The van der Waals surface area contributed by atoms with E-state index >= 15 is 4.57 Å². The summed E-state index contributed by atoms with van der Waals surface area (Å²) < 4.78 is 16.6. The Kier molecular flexibility index (Phi) is 7.21. The average molecular weight is 784 g/mol. The number of hydrogen-bond acceptors (Lipinski definition) is 2. The molecular weight excluding hydrogens is 746 g/mol. The quantitative estimate of drug-likeness (QED) is 0.131. The lowest BCUT2D eigenvalue weighted by molar-refractivity contribution is 0.593. The van der Waals surface area contributed by atoms with Crippen LogP contribution in [0, 0.1) is 5.92 Å². The molecule has 0 aromatic heterocycles. The minimum Gasteiger partial charge on any atom is -0.309 e. The first-order chi connectivity index (χ1) is 29.7. The summed E-state index contributed by atoms with van der Waals surface area (Å²) in [5.41, 5.74) is 16.5. The van der Waals surface area contributed by atoms with Crippen LogP contribution in [0.4, 0.5) is 11.4 Å². The summed E-state index contributed by atoms with van der Waals surface area (Å²) >= 11 is 0. The lowest BCUT2D eigenvalue weighted by Gasteiger charge is -2.30. The zero-order valence-electron chi connectivity index (χ0n) is 32.8. The van der Waals surface area contributed by atoms with Gasteiger partial charge in [0.15, 0.2) is 7.14 Å². The van der Waals surface area contributed by atoms with E-state index < -0.39 is 7.14 Å². The van der Waals surface area contributed by atoms with Gasteiger partial charge in [-0.05, 0) is 115 Å². The SMILES string of the molecule is O=P1(c2cccc(-c3ccccc3)c2)C2=C(c3ccccc3N(C3=CC4=C(c5ccc6c(c5)c5c(c7ccccc76)CCC=C5)[C@@H]4C=C3)c3ccccc32)c2ccccc21. The third kappa shape index (κ3) is 4.74. The zero-order chi connectivity index (χ0) is 39.5. The van der Waals surface area contributed by atoms with Crippen LogP contribution < -0.4 is 15.5 Å². The number of anilines is 2. The van der Waals surface area contributed by atoms with Gasteiger partial charge in [0.2, 0.25) is 0 Å². The number of nitrogens with zero attached hydrogens (tertiary/aromatic N) is 1. The molecule has 0 saturated carbocycles. The molecule has 2 atom stereocenters. The third-order valence-electron chi connectivity index (χ3n) is 13.4. The van der Waals surface area contributed by atoms with Crippen molar-refractivity contribution in [1.29, 1.82) is 0 Å². The minimum absolute atomic E-state index is 0.294. The number of aryl methyl sites for hydroxylation is 1. The Morgan fingerprint density at radius 3 is 2.12 bits per heavy atom. The molecule has 0 bridgehead atoms. The molecule has 13 rings (SSSR count). The first-order valence-corrected chi connectivity index (χ1v) is 22.8. The van der Waals surface area contributed by atoms with Crippen molar-refractivity contribution in [2.75, 3.05) is 4.90 Å². The van der Waals surface area contributed by atoms with Gasteiger partial charge >= 0.3 is 0 Å². The number of benzene rings is 8. The summed E-state index contributed by atoms with van der Waals surface area (Å²) in [6.07, 6.45) is 13.9. The molecule has 1 unspecified atom stereocenters. The number of hydrogen-bond donors (Lipinski definition) is 0. The summed E-state index contributed by atoms with van der Waals surface area (Å²) in [5.74, 6) is 0.294. The molecule has 3 aliphatic carbocycles. The van der Waals surface area contributed by atoms with Crippen LogP contribution in [-0.4, -0.2) is 0 Å². The molecule has 8 aromatic carbocycles. The summed E-state index contributed by atoms with van der Waals surface area (Å²) in [6, 6.07) is 60.6. The van der Waals surface area contributed by atoms with E-state index in [0.29, 0.717) is 5.92 Å². The van der Waals surface area contributed by atoms with Crippen molar-refractivity contribution < 1.29 is 4.57 Å². The second kappa shape index (κ2) is 12.8. The van der Waals surface area contributed by atoms with Gasteiger partial charge in [-0.3, -0.25) is 0 Å². The number of allylic oxidation sites excluding steroid dienone is 6. The number of para-hydroxylation sites is 2. The Hall–Kier alpha value is -6.99. The molecule has 60 heavy (non-hydrogen) atoms. The second-order valence-corrected chi connectivity index (χ2v) is 19.2. The maximum atomic E-state index is 16.6. The Labute approximate surface area is 349 Å². The van der Waals surface area contributed by atoms with E-state index in [0.717, 1.165) is 79.2 Å². The standard InChI is InChI=1S/C57H38NOP/c59-60(40-18-14-17-37(33-40)36-15-2-1-3-16-36)54-28-13-10-25-49(54)56-47-23-8-11-26-52(47)58(53-27-12-9-24-48(53)57(56)60)39-30-32-46-51(35-39)55(46)38-29-31-45-43-21-5-4-19-41(43)42-20-6-7-22-44(42)50(45)34-38/h1-5,7-19,21-35,46H,6,20H2/t46-,60?/m1/s1. The van der Waals surface area contributed by atoms with Crippen molar-refractivity contribution in [2.45, 2.75) is 12.8 Å².